The number of hydrogen-bond donors (Lipinski definition) is 1. The van der Waals surface area contributed by atoms with E-state index in [2.05, 4.69) is 25.8 Å². The first-order valence-corrected chi connectivity index (χ1v) is 5.14. The Kier molecular flexibility index (Phi) is 2.18. The van der Waals surface area contributed by atoms with E-state index < -0.39 is 0 Å². The van der Waals surface area contributed by atoms with Gasteiger partial charge in [-0.2, -0.15) is 0 Å². The lowest BCUT2D eigenvalue weighted by molar-refractivity contribution is 0.407. The van der Waals surface area contributed by atoms with Crippen LogP contribution in [0.1, 0.15) is 26.5 Å². The van der Waals surface area contributed by atoms with Crippen LogP contribution in [-0.2, 0) is 6.42 Å². The van der Waals surface area contributed by atoms with Crippen molar-refractivity contribution < 1.29 is 0 Å². The highest BCUT2D eigenvalue weighted by molar-refractivity contribution is 5.39. The van der Waals surface area contributed by atoms with E-state index in [-0.39, 0.29) is 10.8 Å². The lowest BCUT2D eigenvalue weighted by Crippen LogP contribution is -2.09. The van der Waals surface area contributed by atoms with Gasteiger partial charge >= 0.3 is 0 Å². The Labute approximate surface area is 88.8 Å². The molecule has 1 N–H and O–H groups in total. The molecule has 0 atom stereocenters. The summed E-state index contributed by atoms with van der Waals surface area (Å²) in [6.45, 7) is 6.59. The van der Waals surface area contributed by atoms with Gasteiger partial charge in [-0.3, -0.25) is 4.79 Å². The Bertz CT molecular complexity index is 528. The number of pyridine rings is 1. The van der Waals surface area contributed by atoms with Crippen LogP contribution >= 0.6 is 0 Å². The Balaban J connectivity index is 2.43. The van der Waals surface area contributed by atoms with Crippen molar-refractivity contribution in [3.63, 3.8) is 0 Å². The molecule has 0 fully saturated rings. The number of fused-ring (bicyclic) bond motifs is 1. The monoisotopic (exact) mass is 204 g/mol. The minimum Gasteiger partial charge on any atom is -0.343 e. The summed E-state index contributed by atoms with van der Waals surface area (Å²) in [5.41, 5.74) is 2.32. The third-order valence-electron chi connectivity index (χ3n) is 2.26. The summed E-state index contributed by atoms with van der Waals surface area (Å²) < 4.78 is 1.95. The van der Waals surface area contributed by atoms with E-state index in [1.807, 2.05) is 10.6 Å². The number of rotatable bonds is 1. The molecule has 80 valence electrons. The second-order valence-electron chi connectivity index (χ2n) is 5.17. The number of aromatic nitrogens is 2. The highest BCUT2D eigenvalue weighted by Crippen LogP contribution is 2.19. The summed E-state index contributed by atoms with van der Waals surface area (Å²) in [6.07, 6.45) is 4.81. The molecule has 3 nitrogen and oxygen atoms in total. The van der Waals surface area contributed by atoms with Crippen LogP contribution in [0.4, 0.5) is 0 Å². The highest BCUT2D eigenvalue weighted by atomic mass is 16.1. The Hall–Kier alpha value is -1.51. The van der Waals surface area contributed by atoms with E-state index in [1.165, 1.54) is 0 Å². The van der Waals surface area contributed by atoms with Gasteiger partial charge in [0.2, 0.25) is 0 Å². The van der Waals surface area contributed by atoms with Crippen molar-refractivity contribution in [1.82, 2.24) is 9.38 Å². The maximum absolute atomic E-state index is 11.1. The van der Waals surface area contributed by atoms with Gasteiger partial charge in [0.1, 0.15) is 5.65 Å². The average molecular weight is 204 g/mol. The molecular weight excluding hydrogens is 188 g/mol. The van der Waals surface area contributed by atoms with E-state index >= 15 is 0 Å². The molecule has 2 rings (SSSR count). The van der Waals surface area contributed by atoms with E-state index in [1.54, 1.807) is 18.3 Å². The second-order valence-corrected chi connectivity index (χ2v) is 5.17. The molecule has 0 aliphatic carbocycles. The molecule has 0 spiro atoms. The van der Waals surface area contributed by atoms with Gasteiger partial charge in [-0.05, 0) is 11.8 Å². The fourth-order valence-electron chi connectivity index (χ4n) is 1.73. The third-order valence-corrected chi connectivity index (χ3v) is 2.26. The number of imidazole rings is 1. The van der Waals surface area contributed by atoms with E-state index in [9.17, 15) is 4.79 Å². The van der Waals surface area contributed by atoms with Gasteiger partial charge in [0.25, 0.3) is 0 Å². The molecule has 0 unspecified atom stereocenters. The number of nitrogens with zero attached hydrogens (tertiary/aromatic N) is 1. The molecule has 0 radical (unpaired) electrons. The van der Waals surface area contributed by atoms with Crippen LogP contribution in [0.15, 0.2) is 29.3 Å². The topological polar surface area (TPSA) is 37.3 Å². The molecule has 0 aromatic carbocycles. The van der Waals surface area contributed by atoms with Gasteiger partial charge in [0, 0.05) is 30.2 Å². The summed E-state index contributed by atoms with van der Waals surface area (Å²) in [6, 6.07) is 3.19. The van der Waals surface area contributed by atoms with Crippen LogP contribution in [0.3, 0.4) is 0 Å². The molecule has 3 heteroatoms. The molecular formula is C12H16N2O. The zero-order valence-electron chi connectivity index (χ0n) is 9.37. The largest absolute Gasteiger partial charge is 0.343 e. The molecule has 2 aromatic rings. The molecule has 0 aliphatic heterocycles. The second kappa shape index (κ2) is 3.26. The van der Waals surface area contributed by atoms with Gasteiger partial charge in [-0.15, -0.1) is 0 Å². The quantitative estimate of drug-likeness (QED) is 0.759. The van der Waals surface area contributed by atoms with Crippen molar-refractivity contribution >= 4 is 5.65 Å². The summed E-state index contributed by atoms with van der Waals surface area (Å²) in [5.74, 6) is 0. The Morgan fingerprint density at radius 1 is 1.40 bits per heavy atom. The lowest BCUT2D eigenvalue weighted by Gasteiger charge is -2.15. The maximum Gasteiger partial charge on any atom is 0.183 e. The van der Waals surface area contributed by atoms with Crippen LogP contribution in [-0.4, -0.2) is 9.38 Å². The van der Waals surface area contributed by atoms with E-state index in [0.717, 1.165) is 17.8 Å². The van der Waals surface area contributed by atoms with Crippen LogP contribution in [0.25, 0.3) is 5.65 Å². The molecule has 2 heterocycles. The molecule has 0 bridgehead atoms. The van der Waals surface area contributed by atoms with Crippen molar-refractivity contribution in [3.05, 3.63) is 40.4 Å². The summed E-state index contributed by atoms with van der Waals surface area (Å²) >= 11 is 0. The van der Waals surface area contributed by atoms with Gasteiger partial charge < -0.3 is 9.38 Å². The molecule has 2 aromatic heterocycles. The SMILES string of the molecule is CC(C)(C)Cc1cn2ccc(=O)cc2[nH]1. The minimum absolute atomic E-state index is 0.0409. The summed E-state index contributed by atoms with van der Waals surface area (Å²) in [7, 11) is 0. The van der Waals surface area contributed by atoms with Crippen LogP contribution in [0.2, 0.25) is 0 Å². The number of nitrogens with one attached hydrogen (secondary N) is 1. The third kappa shape index (κ3) is 2.29. The normalized spacial score (nSPS) is 12.2. The zero-order valence-corrected chi connectivity index (χ0v) is 9.37. The van der Waals surface area contributed by atoms with Gasteiger partial charge in [-0.1, -0.05) is 20.8 Å². The summed E-state index contributed by atoms with van der Waals surface area (Å²) in [5, 5.41) is 0. The molecule has 0 saturated heterocycles. The van der Waals surface area contributed by atoms with Crippen molar-refractivity contribution in [3.8, 4) is 0 Å². The van der Waals surface area contributed by atoms with Gasteiger partial charge in [0.15, 0.2) is 5.43 Å². The first kappa shape index (κ1) is 10.0. The van der Waals surface area contributed by atoms with Crippen molar-refractivity contribution in [2.24, 2.45) is 5.41 Å². The number of hydrogen-bond acceptors (Lipinski definition) is 1. The van der Waals surface area contributed by atoms with E-state index in [0.29, 0.717) is 0 Å². The molecule has 0 amide bonds. The fourth-order valence-corrected chi connectivity index (χ4v) is 1.73. The maximum atomic E-state index is 11.1. The predicted octanol–water partition coefficient (Wildman–Crippen LogP) is 2.22. The highest BCUT2D eigenvalue weighted by Gasteiger charge is 2.12. The smallest absolute Gasteiger partial charge is 0.183 e. The zero-order chi connectivity index (χ0) is 11.1. The Morgan fingerprint density at radius 2 is 2.13 bits per heavy atom. The predicted molar refractivity (Wildman–Crippen MR) is 61.2 cm³/mol. The van der Waals surface area contributed by atoms with Crippen molar-refractivity contribution in [2.45, 2.75) is 27.2 Å². The summed E-state index contributed by atoms with van der Waals surface area (Å²) in [4.78, 5) is 14.4. The molecule has 15 heavy (non-hydrogen) atoms. The van der Waals surface area contributed by atoms with E-state index in [4.69, 9.17) is 0 Å². The average Bonchev–Trinajstić information content (AvgIpc) is 2.42. The standard InChI is InChI=1S/C12H16N2O/c1-12(2,3)7-9-8-14-5-4-10(15)6-11(14)13-9/h4-6,8,13H,7H2,1-3H3. The van der Waals surface area contributed by atoms with Crippen LogP contribution < -0.4 is 5.43 Å². The Morgan fingerprint density at radius 3 is 2.80 bits per heavy atom. The van der Waals surface area contributed by atoms with Crippen molar-refractivity contribution in [1.29, 1.82) is 0 Å². The number of aromatic amines is 1. The van der Waals surface area contributed by atoms with Gasteiger partial charge in [-0.25, -0.2) is 0 Å². The van der Waals surface area contributed by atoms with Gasteiger partial charge in [0.05, 0.1) is 0 Å². The molecule has 0 aliphatic rings. The van der Waals surface area contributed by atoms with Crippen molar-refractivity contribution in [2.75, 3.05) is 0 Å². The lowest BCUT2D eigenvalue weighted by atomic mass is 9.91. The fraction of sp³-hybridized carbons (Fsp3) is 0.417. The number of H-pyrrole nitrogens is 1. The van der Waals surface area contributed by atoms with Crippen LogP contribution in [0.5, 0.6) is 0 Å². The first-order valence-electron chi connectivity index (χ1n) is 5.14. The minimum atomic E-state index is 0.0409. The van der Waals surface area contributed by atoms with Crippen LogP contribution in [0, 0.1) is 5.41 Å². The first-order chi connectivity index (χ1) is 6.94. The molecule has 0 saturated carbocycles.